The largest absolute Gasteiger partial charge is 0.493 e. The van der Waals surface area contributed by atoms with E-state index in [2.05, 4.69) is 49.4 Å². The Hall–Kier alpha value is -1.98. The van der Waals surface area contributed by atoms with E-state index in [1.807, 2.05) is 12.1 Å². The maximum atomic E-state index is 5.98. The summed E-state index contributed by atoms with van der Waals surface area (Å²) < 4.78 is 16.8. The van der Waals surface area contributed by atoms with Crippen LogP contribution in [-0.4, -0.2) is 39.8 Å². The molecule has 5 heteroatoms. The number of ether oxygens (including phenoxy) is 2. The van der Waals surface area contributed by atoms with E-state index in [9.17, 15) is 0 Å². The molecule has 1 fully saturated rings. The second-order valence-electron chi connectivity index (χ2n) is 7.35. The third-order valence-corrected chi connectivity index (χ3v) is 5.21. The Morgan fingerprint density at radius 1 is 1.15 bits per heavy atom. The number of furan rings is 1. The molecule has 0 spiro atoms. The Kier molecular flexibility index (Phi) is 5.89. The molecule has 0 radical (unpaired) electrons. The van der Waals surface area contributed by atoms with Gasteiger partial charge in [-0.3, -0.25) is 0 Å². The van der Waals surface area contributed by atoms with E-state index in [1.165, 1.54) is 12.0 Å². The van der Waals surface area contributed by atoms with Crippen LogP contribution in [0.3, 0.4) is 0 Å². The molecule has 3 atom stereocenters. The molecule has 5 nitrogen and oxygen atoms in total. The minimum Gasteiger partial charge on any atom is -0.493 e. The predicted octanol–water partition coefficient (Wildman–Crippen LogP) is 3.81. The summed E-state index contributed by atoms with van der Waals surface area (Å²) in [5.74, 6) is 5.04. The molecule has 1 N–H and O–H groups in total. The van der Waals surface area contributed by atoms with Crippen LogP contribution in [0.4, 0.5) is 0 Å². The van der Waals surface area contributed by atoms with E-state index in [-0.39, 0.29) is 6.04 Å². The summed E-state index contributed by atoms with van der Waals surface area (Å²) in [6.07, 6.45) is 1.25. The molecule has 1 aromatic carbocycles. The Morgan fingerprint density at radius 2 is 1.88 bits per heavy atom. The van der Waals surface area contributed by atoms with Crippen LogP contribution in [0.1, 0.15) is 42.4 Å². The fraction of sp³-hybridized carbons (Fsp3) is 0.524. The van der Waals surface area contributed by atoms with E-state index in [1.54, 1.807) is 14.2 Å². The maximum Gasteiger partial charge on any atom is 0.161 e. The lowest BCUT2D eigenvalue weighted by molar-refractivity contribution is 0.283. The van der Waals surface area contributed by atoms with Crippen LogP contribution >= 0.6 is 0 Å². The van der Waals surface area contributed by atoms with Gasteiger partial charge in [0.15, 0.2) is 11.5 Å². The SMILES string of the molecule is COc1ccc(C(CNCc2ccc(C3CC3C)o2)N(C)C)cc1OC. The fourth-order valence-corrected chi connectivity index (χ4v) is 3.40. The first-order valence-corrected chi connectivity index (χ1v) is 9.21. The van der Waals surface area contributed by atoms with Crippen molar-refractivity contribution in [3.05, 3.63) is 47.4 Å². The number of rotatable bonds is 9. The van der Waals surface area contributed by atoms with Crippen LogP contribution in [0.15, 0.2) is 34.7 Å². The number of nitrogens with one attached hydrogen (secondary N) is 1. The van der Waals surface area contributed by atoms with Gasteiger partial charge in [0.05, 0.1) is 20.8 Å². The molecule has 1 aliphatic carbocycles. The van der Waals surface area contributed by atoms with E-state index in [0.717, 1.165) is 42.0 Å². The highest BCUT2D eigenvalue weighted by atomic mass is 16.5. The van der Waals surface area contributed by atoms with Gasteiger partial charge in [-0.05, 0) is 56.3 Å². The van der Waals surface area contributed by atoms with Gasteiger partial charge in [0.2, 0.25) is 0 Å². The number of benzene rings is 1. The van der Waals surface area contributed by atoms with Gasteiger partial charge in [-0.25, -0.2) is 0 Å². The minimum absolute atomic E-state index is 0.229. The molecule has 0 aliphatic heterocycles. The van der Waals surface area contributed by atoms with Crippen molar-refractivity contribution < 1.29 is 13.9 Å². The fourth-order valence-electron chi connectivity index (χ4n) is 3.40. The number of likely N-dealkylation sites (N-methyl/N-ethyl adjacent to an activating group) is 1. The quantitative estimate of drug-likeness (QED) is 0.738. The molecular formula is C21H30N2O3. The Labute approximate surface area is 156 Å². The van der Waals surface area contributed by atoms with Crippen LogP contribution in [0.2, 0.25) is 0 Å². The normalized spacial score (nSPS) is 20.2. The molecule has 3 unspecified atom stereocenters. The average molecular weight is 358 g/mol. The summed E-state index contributed by atoms with van der Waals surface area (Å²) in [6.45, 7) is 3.83. The van der Waals surface area contributed by atoms with Crippen molar-refractivity contribution in [2.45, 2.75) is 31.8 Å². The van der Waals surface area contributed by atoms with Crippen LogP contribution in [0, 0.1) is 5.92 Å². The van der Waals surface area contributed by atoms with Gasteiger partial charge in [-0.15, -0.1) is 0 Å². The molecule has 142 valence electrons. The van der Waals surface area contributed by atoms with Gasteiger partial charge < -0.3 is 24.1 Å². The summed E-state index contributed by atoms with van der Waals surface area (Å²) in [7, 11) is 7.49. The third-order valence-electron chi connectivity index (χ3n) is 5.21. The first kappa shape index (κ1) is 18.8. The zero-order valence-corrected chi connectivity index (χ0v) is 16.4. The lowest BCUT2D eigenvalue weighted by Crippen LogP contribution is -2.30. The number of hydrogen-bond acceptors (Lipinski definition) is 5. The second kappa shape index (κ2) is 8.14. The monoisotopic (exact) mass is 358 g/mol. The molecular weight excluding hydrogens is 328 g/mol. The van der Waals surface area contributed by atoms with Crippen molar-refractivity contribution in [2.75, 3.05) is 34.9 Å². The third kappa shape index (κ3) is 4.22. The van der Waals surface area contributed by atoms with Crippen molar-refractivity contribution in [2.24, 2.45) is 5.92 Å². The highest BCUT2D eigenvalue weighted by Crippen LogP contribution is 2.47. The molecule has 1 saturated carbocycles. The number of hydrogen-bond donors (Lipinski definition) is 1. The van der Waals surface area contributed by atoms with Gasteiger partial charge in [0.1, 0.15) is 11.5 Å². The molecule has 0 saturated heterocycles. The molecule has 0 amide bonds. The lowest BCUT2D eigenvalue weighted by atomic mass is 10.0. The summed E-state index contributed by atoms with van der Waals surface area (Å²) in [5.41, 5.74) is 1.19. The van der Waals surface area contributed by atoms with Gasteiger partial charge in [0.25, 0.3) is 0 Å². The molecule has 1 aliphatic rings. The van der Waals surface area contributed by atoms with Crippen molar-refractivity contribution in [3.63, 3.8) is 0 Å². The van der Waals surface area contributed by atoms with Crippen LogP contribution in [0.5, 0.6) is 11.5 Å². The second-order valence-corrected chi connectivity index (χ2v) is 7.35. The van der Waals surface area contributed by atoms with Gasteiger partial charge in [0, 0.05) is 18.5 Å². The van der Waals surface area contributed by atoms with Gasteiger partial charge in [-0.2, -0.15) is 0 Å². The summed E-state index contributed by atoms with van der Waals surface area (Å²) in [6, 6.07) is 10.5. The lowest BCUT2D eigenvalue weighted by Gasteiger charge is -2.25. The summed E-state index contributed by atoms with van der Waals surface area (Å²) in [4.78, 5) is 2.20. The molecule has 0 bridgehead atoms. The van der Waals surface area contributed by atoms with Crippen molar-refractivity contribution in [3.8, 4) is 11.5 Å². The molecule has 1 heterocycles. The highest BCUT2D eigenvalue weighted by molar-refractivity contribution is 5.43. The van der Waals surface area contributed by atoms with Crippen LogP contribution in [-0.2, 0) is 6.54 Å². The minimum atomic E-state index is 0.229. The number of nitrogens with zero attached hydrogens (tertiary/aromatic N) is 1. The van der Waals surface area contributed by atoms with Crippen molar-refractivity contribution in [1.29, 1.82) is 0 Å². The zero-order chi connectivity index (χ0) is 18.7. The van der Waals surface area contributed by atoms with Crippen LogP contribution < -0.4 is 14.8 Å². The van der Waals surface area contributed by atoms with Gasteiger partial charge in [-0.1, -0.05) is 13.0 Å². The predicted molar refractivity (Wildman–Crippen MR) is 103 cm³/mol. The summed E-state index contributed by atoms with van der Waals surface area (Å²) in [5, 5.41) is 3.52. The molecule has 26 heavy (non-hydrogen) atoms. The first-order chi connectivity index (χ1) is 12.5. The smallest absolute Gasteiger partial charge is 0.161 e. The van der Waals surface area contributed by atoms with Crippen molar-refractivity contribution >= 4 is 0 Å². The highest BCUT2D eigenvalue weighted by Gasteiger charge is 2.36. The van der Waals surface area contributed by atoms with E-state index in [4.69, 9.17) is 13.9 Å². The van der Waals surface area contributed by atoms with E-state index < -0.39 is 0 Å². The Morgan fingerprint density at radius 3 is 2.50 bits per heavy atom. The Bertz CT molecular complexity index is 726. The summed E-state index contributed by atoms with van der Waals surface area (Å²) >= 11 is 0. The topological polar surface area (TPSA) is 46.9 Å². The zero-order valence-electron chi connectivity index (χ0n) is 16.4. The standard InChI is InChI=1S/C21H30N2O3/c1-14-10-17(14)19-9-7-16(26-19)12-22-13-18(23(2)3)15-6-8-20(24-4)21(11-15)25-5/h6-9,11,14,17-18,22H,10,12-13H2,1-5H3. The molecule has 1 aromatic heterocycles. The molecule has 2 aromatic rings. The Balaban J connectivity index is 1.61. The van der Waals surface area contributed by atoms with E-state index >= 15 is 0 Å². The average Bonchev–Trinajstić information content (AvgIpc) is 3.18. The van der Waals surface area contributed by atoms with E-state index in [0.29, 0.717) is 5.92 Å². The first-order valence-electron chi connectivity index (χ1n) is 9.21. The number of methoxy groups -OCH3 is 2. The maximum absolute atomic E-state index is 5.98. The van der Waals surface area contributed by atoms with Gasteiger partial charge >= 0.3 is 0 Å². The van der Waals surface area contributed by atoms with Crippen molar-refractivity contribution in [1.82, 2.24) is 10.2 Å². The molecule has 3 rings (SSSR count). The van der Waals surface area contributed by atoms with Crippen LogP contribution in [0.25, 0.3) is 0 Å².